The third-order valence-corrected chi connectivity index (χ3v) is 3.52. The molecule has 0 N–H and O–H groups in total. The molecule has 0 amide bonds. The molecule has 0 aliphatic carbocycles. The van der Waals surface area contributed by atoms with Crippen molar-refractivity contribution in [3.8, 4) is 11.5 Å². The maximum absolute atomic E-state index is 11.4. The highest BCUT2D eigenvalue weighted by Crippen LogP contribution is 2.38. The Morgan fingerprint density at radius 3 is 1.73 bits per heavy atom. The number of rotatable bonds is 4. The fourth-order valence-electron chi connectivity index (χ4n) is 2.29. The summed E-state index contributed by atoms with van der Waals surface area (Å²) >= 11 is 0. The molecule has 0 radical (unpaired) electrons. The summed E-state index contributed by atoms with van der Waals surface area (Å²) in [6.07, 6.45) is 2.67. The number of ether oxygens (including phenoxy) is 2. The van der Waals surface area contributed by atoms with E-state index in [9.17, 15) is 9.59 Å². The largest absolute Gasteiger partial charge is 0.426 e. The Balaban J connectivity index is 3.58. The minimum Gasteiger partial charge on any atom is -0.426 e. The second-order valence-corrected chi connectivity index (χ2v) is 5.68. The molecule has 120 valence electrons. The summed E-state index contributed by atoms with van der Waals surface area (Å²) in [5.41, 5.74) is 4.49. The first-order valence-corrected chi connectivity index (χ1v) is 7.28. The predicted octanol–water partition coefficient (Wildman–Crippen LogP) is 3.97. The first-order chi connectivity index (χ1) is 10.1. The molecule has 1 aromatic carbocycles. The molecule has 0 aliphatic heterocycles. The Bertz CT molecular complexity index is 635. The third kappa shape index (κ3) is 4.20. The molecule has 0 spiro atoms. The van der Waals surface area contributed by atoms with Crippen molar-refractivity contribution < 1.29 is 19.1 Å². The van der Waals surface area contributed by atoms with Gasteiger partial charge in [-0.3, -0.25) is 9.59 Å². The summed E-state index contributed by atoms with van der Waals surface area (Å²) in [5, 5.41) is 0. The molecule has 0 atom stereocenters. The van der Waals surface area contributed by atoms with Crippen LogP contribution in [0.1, 0.15) is 49.9 Å². The molecule has 0 bridgehead atoms. The van der Waals surface area contributed by atoms with Crippen molar-refractivity contribution in [3.05, 3.63) is 33.9 Å². The maximum atomic E-state index is 11.4. The summed E-state index contributed by atoms with van der Waals surface area (Å²) in [4.78, 5) is 22.8. The van der Waals surface area contributed by atoms with E-state index in [-0.39, 0.29) is 11.9 Å². The number of carbonyl (C=O) groups excluding carboxylic acids is 2. The van der Waals surface area contributed by atoms with Gasteiger partial charge in [0, 0.05) is 19.4 Å². The smallest absolute Gasteiger partial charge is 0.308 e. The van der Waals surface area contributed by atoms with Crippen LogP contribution in [0.4, 0.5) is 0 Å². The lowest BCUT2D eigenvalue weighted by molar-refractivity contribution is -0.133. The van der Waals surface area contributed by atoms with Crippen LogP contribution in [-0.4, -0.2) is 11.9 Å². The van der Waals surface area contributed by atoms with Gasteiger partial charge in [-0.2, -0.15) is 0 Å². The van der Waals surface area contributed by atoms with Crippen LogP contribution in [0, 0.1) is 20.8 Å². The second-order valence-electron chi connectivity index (χ2n) is 5.68. The fourth-order valence-corrected chi connectivity index (χ4v) is 2.29. The SMILES string of the molecule is CC(=O)Oc1c(C)c(C)c(OC(C)=O)c(CC=C(C)C)c1C. The standard InChI is InChI=1S/C18H24O4/c1-10(2)8-9-16-13(5)17(21-14(6)19)11(3)12(4)18(16)22-15(7)20/h8H,9H2,1-7H3. The number of esters is 2. The fraction of sp³-hybridized carbons (Fsp3) is 0.444. The molecule has 0 saturated heterocycles. The van der Waals surface area contributed by atoms with Crippen LogP contribution in [0.3, 0.4) is 0 Å². The van der Waals surface area contributed by atoms with E-state index in [1.807, 2.05) is 34.6 Å². The van der Waals surface area contributed by atoms with Gasteiger partial charge in [0.15, 0.2) is 0 Å². The molecule has 0 unspecified atom stereocenters. The van der Waals surface area contributed by atoms with E-state index in [1.54, 1.807) is 0 Å². The summed E-state index contributed by atoms with van der Waals surface area (Å²) in [5.74, 6) is 0.397. The van der Waals surface area contributed by atoms with E-state index in [0.29, 0.717) is 17.9 Å². The third-order valence-electron chi connectivity index (χ3n) is 3.52. The lowest BCUT2D eigenvalue weighted by Crippen LogP contribution is -2.11. The van der Waals surface area contributed by atoms with E-state index in [2.05, 4.69) is 6.08 Å². The zero-order valence-electron chi connectivity index (χ0n) is 14.4. The Morgan fingerprint density at radius 1 is 0.818 bits per heavy atom. The molecule has 0 saturated carbocycles. The van der Waals surface area contributed by atoms with Crippen LogP contribution in [-0.2, 0) is 16.0 Å². The number of carbonyl (C=O) groups is 2. The molecule has 1 rings (SSSR count). The van der Waals surface area contributed by atoms with Crippen molar-refractivity contribution in [2.24, 2.45) is 0 Å². The van der Waals surface area contributed by atoms with Crippen LogP contribution in [0.15, 0.2) is 11.6 Å². The van der Waals surface area contributed by atoms with E-state index >= 15 is 0 Å². The molecular formula is C18H24O4. The van der Waals surface area contributed by atoms with Crippen molar-refractivity contribution in [3.63, 3.8) is 0 Å². The monoisotopic (exact) mass is 304 g/mol. The average Bonchev–Trinajstić information content (AvgIpc) is 2.39. The summed E-state index contributed by atoms with van der Waals surface area (Å²) in [6, 6.07) is 0. The van der Waals surface area contributed by atoms with Crippen molar-refractivity contribution in [1.29, 1.82) is 0 Å². The topological polar surface area (TPSA) is 52.6 Å². The van der Waals surface area contributed by atoms with Crippen LogP contribution in [0.2, 0.25) is 0 Å². The second kappa shape index (κ2) is 7.25. The lowest BCUT2D eigenvalue weighted by atomic mass is 9.94. The molecule has 0 aliphatic rings. The van der Waals surface area contributed by atoms with E-state index in [1.165, 1.54) is 19.4 Å². The number of hydrogen-bond acceptors (Lipinski definition) is 4. The Morgan fingerprint density at radius 2 is 1.27 bits per heavy atom. The normalized spacial score (nSPS) is 10.1. The first-order valence-electron chi connectivity index (χ1n) is 7.28. The highest BCUT2D eigenvalue weighted by molar-refractivity contribution is 5.74. The van der Waals surface area contributed by atoms with Crippen LogP contribution < -0.4 is 9.47 Å². The highest BCUT2D eigenvalue weighted by atomic mass is 16.5. The van der Waals surface area contributed by atoms with Gasteiger partial charge in [0.25, 0.3) is 0 Å². The minimum absolute atomic E-state index is 0.361. The number of benzene rings is 1. The van der Waals surface area contributed by atoms with Crippen molar-refractivity contribution in [2.75, 3.05) is 0 Å². The quantitative estimate of drug-likeness (QED) is 0.480. The zero-order chi connectivity index (χ0) is 17.0. The Kier molecular flexibility index (Phi) is 5.92. The Labute approximate surface area is 132 Å². The van der Waals surface area contributed by atoms with Gasteiger partial charge < -0.3 is 9.47 Å². The summed E-state index contributed by atoms with van der Waals surface area (Å²) < 4.78 is 10.8. The van der Waals surface area contributed by atoms with Crippen LogP contribution in [0.5, 0.6) is 11.5 Å². The summed E-state index contributed by atoms with van der Waals surface area (Å²) in [7, 11) is 0. The van der Waals surface area contributed by atoms with Crippen molar-refractivity contribution in [2.45, 2.75) is 54.9 Å². The molecule has 4 nitrogen and oxygen atoms in total. The first kappa shape index (κ1) is 18.0. The molecule has 0 heterocycles. The zero-order valence-corrected chi connectivity index (χ0v) is 14.4. The lowest BCUT2D eigenvalue weighted by Gasteiger charge is -2.20. The van der Waals surface area contributed by atoms with Gasteiger partial charge in [-0.1, -0.05) is 11.6 Å². The van der Waals surface area contributed by atoms with E-state index < -0.39 is 0 Å². The van der Waals surface area contributed by atoms with Crippen molar-refractivity contribution >= 4 is 11.9 Å². The van der Waals surface area contributed by atoms with Gasteiger partial charge in [-0.15, -0.1) is 0 Å². The van der Waals surface area contributed by atoms with Crippen molar-refractivity contribution in [1.82, 2.24) is 0 Å². The van der Waals surface area contributed by atoms with Gasteiger partial charge in [-0.05, 0) is 57.7 Å². The minimum atomic E-state index is -0.362. The average molecular weight is 304 g/mol. The molecule has 22 heavy (non-hydrogen) atoms. The number of hydrogen-bond donors (Lipinski definition) is 0. The maximum Gasteiger partial charge on any atom is 0.308 e. The molecular weight excluding hydrogens is 280 g/mol. The van der Waals surface area contributed by atoms with Crippen LogP contribution in [0.25, 0.3) is 0 Å². The van der Waals surface area contributed by atoms with Crippen LogP contribution >= 0.6 is 0 Å². The van der Waals surface area contributed by atoms with Gasteiger partial charge in [0.2, 0.25) is 0 Å². The van der Waals surface area contributed by atoms with Gasteiger partial charge in [0.1, 0.15) is 11.5 Å². The van der Waals surface area contributed by atoms with Gasteiger partial charge in [0.05, 0.1) is 0 Å². The highest BCUT2D eigenvalue weighted by Gasteiger charge is 2.21. The molecule has 1 aromatic rings. The number of allylic oxidation sites excluding steroid dienone is 2. The Hall–Kier alpha value is -2.10. The molecule has 4 heteroatoms. The predicted molar refractivity (Wildman–Crippen MR) is 86.4 cm³/mol. The van der Waals surface area contributed by atoms with Gasteiger partial charge >= 0.3 is 11.9 Å². The van der Waals surface area contributed by atoms with E-state index in [0.717, 1.165) is 22.3 Å². The molecule has 0 fully saturated rings. The molecule has 0 aromatic heterocycles. The van der Waals surface area contributed by atoms with Gasteiger partial charge in [-0.25, -0.2) is 0 Å². The summed E-state index contributed by atoms with van der Waals surface area (Å²) in [6.45, 7) is 12.4. The van der Waals surface area contributed by atoms with E-state index in [4.69, 9.17) is 9.47 Å².